The fourth-order valence-corrected chi connectivity index (χ4v) is 5.02. The average Bonchev–Trinajstić information content (AvgIpc) is 3.02. The van der Waals surface area contributed by atoms with E-state index < -0.39 is 18.4 Å². The zero-order valence-corrected chi connectivity index (χ0v) is 29.9. The van der Waals surface area contributed by atoms with Crippen molar-refractivity contribution in [1.82, 2.24) is 14.9 Å². The first-order chi connectivity index (χ1) is 21.7. The van der Waals surface area contributed by atoms with Crippen LogP contribution in [0.1, 0.15) is 69.8 Å². The average molecular weight is 682 g/mol. The van der Waals surface area contributed by atoms with Gasteiger partial charge >= 0.3 is 12.3 Å². The Kier molecular flexibility index (Phi) is 18.9. The van der Waals surface area contributed by atoms with E-state index in [1.807, 2.05) is 47.6 Å². The number of halogens is 3. The summed E-state index contributed by atoms with van der Waals surface area (Å²) in [7, 11) is 1.59. The van der Waals surface area contributed by atoms with Gasteiger partial charge in [-0.1, -0.05) is 76.4 Å². The van der Waals surface area contributed by atoms with E-state index in [2.05, 4.69) is 29.3 Å². The Morgan fingerprint density at radius 2 is 1.78 bits per heavy atom. The third kappa shape index (κ3) is 11.9. The van der Waals surface area contributed by atoms with Crippen LogP contribution in [0.4, 0.5) is 13.2 Å². The molecule has 2 N–H and O–H groups in total. The number of carbonyl (C=O) groups is 1. The summed E-state index contributed by atoms with van der Waals surface area (Å²) in [6.07, 6.45) is 1.48. The number of aryl methyl sites for hydroxylation is 2. The third-order valence-electron chi connectivity index (χ3n) is 6.06. The lowest BCUT2D eigenvalue weighted by Gasteiger charge is -2.20. The molecule has 0 amide bonds. The van der Waals surface area contributed by atoms with Gasteiger partial charge in [0.25, 0.3) is 5.56 Å². The number of fused-ring (bicyclic) bond motifs is 1. The maximum atomic E-state index is 13.3. The van der Waals surface area contributed by atoms with Gasteiger partial charge in [0.1, 0.15) is 5.75 Å². The summed E-state index contributed by atoms with van der Waals surface area (Å²) >= 11 is 4.73. The van der Waals surface area contributed by atoms with Crippen molar-refractivity contribution in [2.45, 2.75) is 78.7 Å². The van der Waals surface area contributed by atoms with Crippen molar-refractivity contribution in [3.05, 3.63) is 99.0 Å². The Bertz CT molecular complexity index is 1580. The molecule has 0 fully saturated rings. The first kappa shape index (κ1) is 42.4. The van der Waals surface area contributed by atoms with Gasteiger partial charge in [-0.25, -0.2) is 9.78 Å². The molecule has 0 aliphatic rings. The van der Waals surface area contributed by atoms with E-state index in [4.69, 9.17) is 4.98 Å². The fraction of sp³-hybridized carbons (Fsp3) is 0.382. The van der Waals surface area contributed by atoms with E-state index >= 15 is 0 Å². The molecule has 12 heteroatoms. The second kappa shape index (κ2) is 20.5. The number of nitrogens with zero attached hydrogens (tertiary/aromatic N) is 2. The van der Waals surface area contributed by atoms with Crippen LogP contribution in [-0.4, -0.2) is 33.2 Å². The summed E-state index contributed by atoms with van der Waals surface area (Å²) in [4.78, 5) is 29.8. The predicted octanol–water partition coefficient (Wildman–Crippen LogP) is 9.09. The second-order valence-corrected chi connectivity index (χ2v) is 10.1. The van der Waals surface area contributed by atoms with E-state index in [0.29, 0.717) is 38.4 Å². The van der Waals surface area contributed by atoms with Crippen LogP contribution in [0.5, 0.6) is 5.75 Å². The number of hydrogen-bond donors (Lipinski definition) is 3. The molecule has 1 atom stereocenters. The number of aromatic nitrogens is 2. The highest BCUT2D eigenvalue weighted by molar-refractivity contribution is 7.98. The molecule has 0 aliphatic heterocycles. The topological polar surface area (TPSA) is 93.5 Å². The Labute approximate surface area is 280 Å². The lowest BCUT2D eigenvalue weighted by molar-refractivity contribution is -0.274. The molecule has 254 valence electrons. The Hall–Kier alpha value is -3.64. The molecular formula is C34H46F3N3O4S2. The number of allylic oxidation sites excluding steroid dienone is 2. The number of alkyl halides is 3. The van der Waals surface area contributed by atoms with Gasteiger partial charge in [-0.2, -0.15) is 12.6 Å². The monoisotopic (exact) mass is 681 g/mol. The minimum atomic E-state index is -4.81. The third-order valence-corrected chi connectivity index (χ3v) is 7.16. The van der Waals surface area contributed by atoms with Crippen molar-refractivity contribution in [3.8, 4) is 5.75 Å². The Morgan fingerprint density at radius 3 is 2.30 bits per heavy atom. The van der Waals surface area contributed by atoms with Crippen LogP contribution < -0.4 is 15.6 Å². The van der Waals surface area contributed by atoms with Crippen LogP contribution in [-0.2, 0) is 17.6 Å². The van der Waals surface area contributed by atoms with Crippen LogP contribution in [0, 0.1) is 13.8 Å². The maximum absolute atomic E-state index is 13.3. The first-order valence-corrected chi connectivity index (χ1v) is 16.6. The summed E-state index contributed by atoms with van der Waals surface area (Å²) in [5, 5.41) is 13.6. The van der Waals surface area contributed by atoms with Crippen molar-refractivity contribution >= 4 is 41.3 Å². The largest absolute Gasteiger partial charge is 0.573 e. The van der Waals surface area contributed by atoms with E-state index in [9.17, 15) is 27.9 Å². The zero-order valence-electron chi connectivity index (χ0n) is 28.2. The van der Waals surface area contributed by atoms with Gasteiger partial charge in [-0.15, -0.1) is 13.2 Å². The number of carboxylic acids is 1. The molecular weight excluding hydrogens is 636 g/mol. The summed E-state index contributed by atoms with van der Waals surface area (Å²) in [6, 6.07) is 7.74. The summed E-state index contributed by atoms with van der Waals surface area (Å²) < 4.78 is 43.9. The molecule has 1 unspecified atom stereocenters. The van der Waals surface area contributed by atoms with Crippen LogP contribution in [0.2, 0.25) is 0 Å². The van der Waals surface area contributed by atoms with Gasteiger partial charge in [0, 0.05) is 24.1 Å². The number of carboxylic acid groups (broad SMARTS) is 1. The molecule has 1 heterocycles. The van der Waals surface area contributed by atoms with Crippen molar-refractivity contribution in [1.29, 1.82) is 0 Å². The number of thiol groups is 1. The van der Waals surface area contributed by atoms with Crippen molar-refractivity contribution in [2.75, 3.05) is 6.26 Å². The molecule has 1 aromatic heterocycles. The number of rotatable bonds is 10. The second-order valence-electron chi connectivity index (χ2n) is 9.15. The number of ether oxygens (including phenoxy) is 1. The summed E-state index contributed by atoms with van der Waals surface area (Å²) in [5.74, 6) is -1.18. The summed E-state index contributed by atoms with van der Waals surface area (Å²) in [6.45, 7) is 18.6. The summed E-state index contributed by atoms with van der Waals surface area (Å²) in [5.41, 5.74) is 2.92. The van der Waals surface area contributed by atoms with E-state index in [-0.39, 0.29) is 22.6 Å². The minimum Gasteiger partial charge on any atom is -0.478 e. The molecule has 0 bridgehead atoms. The van der Waals surface area contributed by atoms with Gasteiger partial charge in [-0.05, 0) is 68.8 Å². The molecule has 0 spiro atoms. The Balaban J connectivity index is 0.00000318. The van der Waals surface area contributed by atoms with Gasteiger partial charge in [0.15, 0.2) is 5.16 Å². The van der Waals surface area contributed by atoms with Crippen LogP contribution >= 0.6 is 24.4 Å². The predicted molar refractivity (Wildman–Crippen MR) is 188 cm³/mol. The number of thioether (sulfide) groups is 1. The molecule has 46 heavy (non-hydrogen) atoms. The molecule has 7 nitrogen and oxygen atoms in total. The Morgan fingerprint density at radius 1 is 1.17 bits per heavy atom. The first-order valence-electron chi connectivity index (χ1n) is 14.7. The van der Waals surface area contributed by atoms with E-state index in [1.165, 1.54) is 35.4 Å². The number of benzene rings is 2. The number of nitrogens with one attached hydrogen (secondary N) is 1. The molecule has 2 aromatic carbocycles. The molecule has 0 saturated carbocycles. The molecule has 3 aromatic rings. The van der Waals surface area contributed by atoms with Crippen molar-refractivity contribution in [2.24, 2.45) is 7.05 Å². The van der Waals surface area contributed by atoms with Gasteiger partial charge < -0.3 is 15.2 Å². The molecule has 3 rings (SSSR count). The van der Waals surface area contributed by atoms with Crippen LogP contribution in [0.3, 0.4) is 0 Å². The highest BCUT2D eigenvalue weighted by atomic mass is 32.2. The highest BCUT2D eigenvalue weighted by Gasteiger charge is 2.31. The fourth-order valence-electron chi connectivity index (χ4n) is 4.11. The van der Waals surface area contributed by atoms with Gasteiger partial charge in [-0.3, -0.25) is 9.36 Å². The van der Waals surface area contributed by atoms with Gasteiger partial charge in [0.2, 0.25) is 0 Å². The quantitative estimate of drug-likeness (QED) is 0.0646. The number of aliphatic carboxylic acids is 1. The SMILES string of the molecule is C=C/C(C(=O)O)=C(\C=C/C)NC(C)c1cc(C)cc2c(=O)n(C)c(SCc3ccc(C)c(OC(F)(F)F)c3)nc12.CC.CC.CS. The van der Waals surface area contributed by atoms with Crippen molar-refractivity contribution in [3.63, 3.8) is 0 Å². The highest BCUT2D eigenvalue weighted by Crippen LogP contribution is 2.31. The van der Waals surface area contributed by atoms with Crippen molar-refractivity contribution < 1.29 is 27.8 Å². The van der Waals surface area contributed by atoms with E-state index in [1.54, 1.807) is 50.6 Å². The normalized spacial score (nSPS) is 12.0. The van der Waals surface area contributed by atoms with Crippen LogP contribution in [0.25, 0.3) is 10.9 Å². The standard InChI is InChI=1S/C29H30F3N3O4S.2C2H6.CH4S/c1-7-9-23(20(8-2)27(37)38)33-18(5)21-12-16(3)13-22-25(21)34-28(35(6)26(22)36)40-15-19-11-10-17(4)24(14-19)39-29(30,31)32;3*1-2/h7-14,18,33H,2,15H2,1,3-6H3,(H,37,38);2*1-2H3;2H,1H3/b9-7-,23-20-;;;. The smallest absolute Gasteiger partial charge is 0.478 e. The number of hydrogen-bond acceptors (Lipinski definition) is 7. The molecule has 0 radical (unpaired) electrons. The lowest BCUT2D eigenvalue weighted by Crippen LogP contribution is -2.24. The maximum Gasteiger partial charge on any atom is 0.573 e. The lowest BCUT2D eigenvalue weighted by atomic mass is 10.0. The molecule has 0 saturated heterocycles. The van der Waals surface area contributed by atoms with Gasteiger partial charge in [0.05, 0.1) is 22.5 Å². The van der Waals surface area contributed by atoms with Crippen LogP contribution in [0.15, 0.2) is 76.4 Å². The molecule has 0 aliphatic carbocycles. The minimum absolute atomic E-state index is 0.00556. The van der Waals surface area contributed by atoms with E-state index in [0.717, 1.165) is 5.56 Å². The zero-order chi connectivity index (χ0) is 35.8.